The van der Waals surface area contributed by atoms with Crippen molar-refractivity contribution < 1.29 is 24.2 Å². The third kappa shape index (κ3) is 7.80. The van der Waals surface area contributed by atoms with Crippen LogP contribution in [0.1, 0.15) is 31.2 Å². The highest BCUT2D eigenvalue weighted by Gasteiger charge is 2.21. The van der Waals surface area contributed by atoms with E-state index in [1.807, 2.05) is 18.2 Å². The van der Waals surface area contributed by atoms with E-state index in [4.69, 9.17) is 9.84 Å². The SMILES string of the molecule is C=CCCC(=O)CC[C@H](NC(=O)OCc1ccccc1)C(=O)O. The van der Waals surface area contributed by atoms with E-state index in [0.717, 1.165) is 5.56 Å². The van der Waals surface area contributed by atoms with Gasteiger partial charge in [0.2, 0.25) is 0 Å². The van der Waals surface area contributed by atoms with Crippen molar-refractivity contribution in [1.82, 2.24) is 5.32 Å². The van der Waals surface area contributed by atoms with E-state index in [1.54, 1.807) is 18.2 Å². The van der Waals surface area contributed by atoms with Crippen molar-refractivity contribution in [1.29, 1.82) is 0 Å². The molecule has 6 heteroatoms. The van der Waals surface area contributed by atoms with Crippen molar-refractivity contribution in [2.45, 2.75) is 38.3 Å². The molecule has 1 rings (SSSR count). The number of carboxylic acid groups (broad SMARTS) is 1. The Hall–Kier alpha value is -2.63. The summed E-state index contributed by atoms with van der Waals surface area (Å²) in [5.74, 6) is -1.26. The second-order valence-corrected chi connectivity index (χ2v) is 5.00. The summed E-state index contributed by atoms with van der Waals surface area (Å²) in [6.07, 6.45) is 1.82. The van der Waals surface area contributed by atoms with E-state index < -0.39 is 18.1 Å². The third-order valence-electron chi connectivity index (χ3n) is 3.14. The molecule has 1 aromatic rings. The lowest BCUT2D eigenvalue weighted by Gasteiger charge is -2.14. The number of ketones is 1. The van der Waals surface area contributed by atoms with Crippen LogP contribution >= 0.6 is 0 Å². The third-order valence-corrected chi connectivity index (χ3v) is 3.14. The molecule has 0 aliphatic carbocycles. The van der Waals surface area contributed by atoms with E-state index in [9.17, 15) is 14.4 Å². The highest BCUT2D eigenvalue weighted by Crippen LogP contribution is 2.05. The van der Waals surface area contributed by atoms with Gasteiger partial charge in [0.05, 0.1) is 0 Å². The maximum Gasteiger partial charge on any atom is 0.408 e. The van der Waals surface area contributed by atoms with Crippen LogP contribution in [0.5, 0.6) is 0 Å². The Kier molecular flexibility index (Phi) is 8.13. The van der Waals surface area contributed by atoms with Gasteiger partial charge in [-0.1, -0.05) is 36.4 Å². The molecule has 0 heterocycles. The number of allylic oxidation sites excluding steroid dienone is 1. The van der Waals surface area contributed by atoms with E-state index in [2.05, 4.69) is 11.9 Å². The minimum absolute atomic E-state index is 0.0335. The van der Waals surface area contributed by atoms with Gasteiger partial charge in [-0.3, -0.25) is 4.79 Å². The number of hydrogen-bond donors (Lipinski definition) is 2. The fourth-order valence-electron chi connectivity index (χ4n) is 1.86. The highest BCUT2D eigenvalue weighted by atomic mass is 16.5. The molecule has 124 valence electrons. The van der Waals surface area contributed by atoms with Crippen LogP contribution in [-0.4, -0.2) is 29.0 Å². The van der Waals surface area contributed by atoms with Gasteiger partial charge in [0, 0.05) is 12.8 Å². The molecular weight excluding hydrogens is 298 g/mol. The minimum atomic E-state index is -1.20. The quantitative estimate of drug-likeness (QED) is 0.647. The summed E-state index contributed by atoms with van der Waals surface area (Å²) in [4.78, 5) is 34.3. The Morgan fingerprint density at radius 1 is 1.22 bits per heavy atom. The first-order valence-corrected chi connectivity index (χ1v) is 7.35. The summed E-state index contributed by atoms with van der Waals surface area (Å²) in [5, 5.41) is 11.4. The number of rotatable bonds is 10. The molecule has 0 aliphatic heterocycles. The molecule has 2 N–H and O–H groups in total. The fourth-order valence-corrected chi connectivity index (χ4v) is 1.86. The number of aliphatic carboxylic acids is 1. The lowest BCUT2D eigenvalue weighted by atomic mass is 10.1. The van der Waals surface area contributed by atoms with Crippen molar-refractivity contribution in [3.05, 3.63) is 48.6 Å². The average molecular weight is 319 g/mol. The molecule has 0 fully saturated rings. The van der Waals surface area contributed by atoms with Crippen LogP contribution in [0.3, 0.4) is 0 Å². The van der Waals surface area contributed by atoms with E-state index in [1.165, 1.54) is 0 Å². The van der Waals surface area contributed by atoms with Gasteiger partial charge < -0.3 is 15.2 Å². The molecule has 0 bridgehead atoms. The molecule has 0 saturated heterocycles. The van der Waals surface area contributed by atoms with Crippen LogP contribution in [0.15, 0.2) is 43.0 Å². The highest BCUT2D eigenvalue weighted by molar-refractivity contribution is 5.82. The Labute approximate surface area is 135 Å². The second kappa shape index (κ2) is 10.2. The molecule has 0 radical (unpaired) electrons. The van der Waals surface area contributed by atoms with Crippen LogP contribution in [-0.2, 0) is 20.9 Å². The standard InChI is InChI=1S/C17H21NO5/c1-2-3-9-14(19)10-11-15(16(20)21)18-17(22)23-12-13-7-5-4-6-8-13/h2,4-8,15H,1,3,9-12H2,(H,18,22)(H,20,21)/t15-/m0/s1. The smallest absolute Gasteiger partial charge is 0.408 e. The summed E-state index contributed by atoms with van der Waals surface area (Å²) in [7, 11) is 0. The van der Waals surface area contributed by atoms with Gasteiger partial charge in [-0.2, -0.15) is 0 Å². The Bertz CT molecular complexity index is 541. The number of Topliss-reactive ketones (excluding diaryl/α,β-unsaturated/α-hetero) is 1. The van der Waals surface area contributed by atoms with Gasteiger partial charge in [0.25, 0.3) is 0 Å². The number of ether oxygens (including phenoxy) is 1. The number of carboxylic acids is 1. The first-order valence-electron chi connectivity index (χ1n) is 7.35. The normalized spacial score (nSPS) is 11.3. The van der Waals surface area contributed by atoms with E-state index in [0.29, 0.717) is 12.8 Å². The second-order valence-electron chi connectivity index (χ2n) is 5.00. The van der Waals surface area contributed by atoms with E-state index in [-0.39, 0.29) is 25.2 Å². The number of carbonyl (C=O) groups excluding carboxylic acids is 2. The number of nitrogens with one attached hydrogen (secondary N) is 1. The average Bonchev–Trinajstić information content (AvgIpc) is 2.55. The zero-order valence-electron chi connectivity index (χ0n) is 12.9. The summed E-state index contributed by atoms with van der Waals surface area (Å²) in [5.41, 5.74) is 0.800. The van der Waals surface area contributed by atoms with Crippen molar-refractivity contribution in [2.24, 2.45) is 0 Å². The first-order chi connectivity index (χ1) is 11.0. The first kappa shape index (κ1) is 18.4. The summed E-state index contributed by atoms with van der Waals surface area (Å²) < 4.78 is 4.97. The Morgan fingerprint density at radius 2 is 1.91 bits per heavy atom. The van der Waals surface area contributed by atoms with E-state index >= 15 is 0 Å². The molecule has 0 unspecified atom stereocenters. The van der Waals surface area contributed by atoms with Crippen LogP contribution in [0.4, 0.5) is 4.79 Å². The minimum Gasteiger partial charge on any atom is -0.480 e. The summed E-state index contributed by atoms with van der Waals surface area (Å²) in [6, 6.07) is 7.90. The molecule has 0 aromatic heterocycles. The van der Waals surface area contributed by atoms with Crippen molar-refractivity contribution >= 4 is 17.8 Å². The zero-order chi connectivity index (χ0) is 17.1. The number of hydrogen-bond acceptors (Lipinski definition) is 4. The van der Waals surface area contributed by atoms with Crippen LogP contribution in [0.25, 0.3) is 0 Å². The van der Waals surface area contributed by atoms with Gasteiger partial charge in [-0.05, 0) is 18.4 Å². The molecule has 1 atom stereocenters. The van der Waals surface area contributed by atoms with Crippen LogP contribution < -0.4 is 5.32 Å². The van der Waals surface area contributed by atoms with Crippen LogP contribution in [0, 0.1) is 0 Å². The van der Waals surface area contributed by atoms with Gasteiger partial charge in [-0.25, -0.2) is 9.59 Å². The molecule has 6 nitrogen and oxygen atoms in total. The summed E-state index contributed by atoms with van der Waals surface area (Å²) >= 11 is 0. The van der Waals surface area contributed by atoms with Gasteiger partial charge in [0.15, 0.2) is 0 Å². The maximum atomic E-state index is 11.7. The van der Waals surface area contributed by atoms with Gasteiger partial charge >= 0.3 is 12.1 Å². The molecule has 0 spiro atoms. The van der Waals surface area contributed by atoms with Crippen molar-refractivity contribution in [3.8, 4) is 0 Å². The predicted molar refractivity (Wildman–Crippen MR) is 84.9 cm³/mol. The lowest BCUT2D eigenvalue weighted by Crippen LogP contribution is -2.41. The largest absolute Gasteiger partial charge is 0.480 e. The monoisotopic (exact) mass is 319 g/mol. The van der Waals surface area contributed by atoms with Gasteiger partial charge in [0.1, 0.15) is 18.4 Å². The number of alkyl carbamates (subject to hydrolysis) is 1. The Morgan fingerprint density at radius 3 is 2.52 bits per heavy atom. The molecule has 0 saturated carbocycles. The maximum absolute atomic E-state index is 11.7. The van der Waals surface area contributed by atoms with Crippen molar-refractivity contribution in [3.63, 3.8) is 0 Å². The molecule has 23 heavy (non-hydrogen) atoms. The molecular formula is C17H21NO5. The van der Waals surface area contributed by atoms with Gasteiger partial charge in [-0.15, -0.1) is 6.58 Å². The summed E-state index contributed by atoms with van der Waals surface area (Å²) in [6.45, 7) is 3.57. The number of amides is 1. The van der Waals surface area contributed by atoms with Crippen LogP contribution in [0.2, 0.25) is 0 Å². The van der Waals surface area contributed by atoms with Crippen molar-refractivity contribution in [2.75, 3.05) is 0 Å². The molecule has 1 amide bonds. The fraction of sp³-hybridized carbons (Fsp3) is 0.353. The molecule has 0 aliphatic rings. The zero-order valence-corrected chi connectivity index (χ0v) is 12.9. The molecule has 1 aromatic carbocycles. The number of carbonyl (C=O) groups is 3. The predicted octanol–water partition coefficient (Wildman–Crippen LogP) is 2.68. The topological polar surface area (TPSA) is 92.7 Å². The number of benzene rings is 1. The Balaban J connectivity index is 2.39. The lowest BCUT2D eigenvalue weighted by molar-refractivity contribution is -0.139.